The minimum atomic E-state index is -1.30. The fraction of sp³-hybridized carbons (Fsp3) is 0.800. The first-order valence-corrected chi connectivity index (χ1v) is 3.15. The number of aliphatic hydroxyl groups excluding tert-OH is 2. The summed E-state index contributed by atoms with van der Waals surface area (Å²) in [5, 5.41) is 19.6. The Morgan fingerprint density at radius 3 is 2.36 bits per heavy atom. The van der Waals surface area contributed by atoms with Gasteiger partial charge in [0.15, 0.2) is 6.35 Å². The van der Waals surface area contributed by atoms with Crippen molar-refractivity contribution in [3.63, 3.8) is 0 Å². The molecule has 0 aromatic heterocycles. The van der Waals surface area contributed by atoms with Crippen molar-refractivity contribution < 1.29 is 15.0 Å². The fourth-order valence-electron chi connectivity index (χ4n) is 0.579. The van der Waals surface area contributed by atoms with Crippen molar-refractivity contribution in [3.05, 3.63) is 0 Å². The van der Waals surface area contributed by atoms with Gasteiger partial charge in [-0.1, -0.05) is 0 Å². The Morgan fingerprint density at radius 2 is 2.00 bits per heavy atom. The van der Waals surface area contributed by atoms with Gasteiger partial charge in [0.2, 0.25) is 0 Å². The van der Waals surface area contributed by atoms with E-state index >= 15 is 0 Å². The first-order valence-electron chi connectivity index (χ1n) is 3.15. The van der Waals surface area contributed by atoms with Gasteiger partial charge in [0.05, 0.1) is 6.04 Å². The van der Waals surface area contributed by atoms with E-state index in [1.807, 2.05) is 0 Å². The maximum atomic E-state index is 9.97. The van der Waals surface area contributed by atoms with E-state index in [1.165, 1.54) is 0 Å². The molecule has 7 N–H and O–H groups in total. The van der Waals surface area contributed by atoms with Crippen molar-refractivity contribution in [1.82, 2.24) is 5.32 Å². The fourth-order valence-corrected chi connectivity index (χ4v) is 0.579. The summed E-state index contributed by atoms with van der Waals surface area (Å²) in [5.74, 6) is 0. The average Bonchev–Trinajstić information content (AvgIpc) is 1.85. The molecule has 0 aromatic carbocycles. The minimum Gasteiger partial charge on any atom is -0.378 e. The standard InChI is InChI=1S/C5H13N3O3/c6-3(2-9)1-4(10)8-5(7)11/h2-5,8,10-11H,1,6-7H2. The Bertz CT molecular complexity index is 120. The zero-order chi connectivity index (χ0) is 8.85. The van der Waals surface area contributed by atoms with Crippen molar-refractivity contribution >= 4 is 6.29 Å². The Kier molecular flexibility index (Phi) is 4.92. The van der Waals surface area contributed by atoms with Gasteiger partial charge in [-0.05, 0) is 0 Å². The lowest BCUT2D eigenvalue weighted by atomic mass is 10.2. The molecular formula is C5H13N3O3. The summed E-state index contributed by atoms with van der Waals surface area (Å²) < 4.78 is 0. The number of carbonyl (C=O) groups excluding carboxylic acids is 1. The monoisotopic (exact) mass is 163 g/mol. The molecule has 0 aromatic rings. The molecule has 0 saturated carbocycles. The summed E-state index contributed by atoms with van der Waals surface area (Å²) in [5.41, 5.74) is 10.0. The molecular weight excluding hydrogens is 150 g/mol. The average molecular weight is 163 g/mol. The third-order valence-electron chi connectivity index (χ3n) is 1.03. The molecule has 0 bridgehead atoms. The summed E-state index contributed by atoms with van der Waals surface area (Å²) >= 11 is 0. The molecule has 6 heteroatoms. The van der Waals surface area contributed by atoms with Crippen LogP contribution in [0.1, 0.15) is 6.42 Å². The SMILES string of the molecule is NC(C=O)CC(O)NC(N)O. The molecule has 0 aliphatic rings. The number of nitrogens with one attached hydrogen (secondary N) is 1. The molecule has 0 heterocycles. The van der Waals surface area contributed by atoms with Crippen molar-refractivity contribution in [2.24, 2.45) is 11.5 Å². The van der Waals surface area contributed by atoms with Crippen LogP contribution in [0.15, 0.2) is 0 Å². The summed E-state index contributed by atoms with van der Waals surface area (Å²) in [7, 11) is 0. The highest BCUT2D eigenvalue weighted by atomic mass is 16.3. The van der Waals surface area contributed by atoms with Gasteiger partial charge in [0.25, 0.3) is 0 Å². The van der Waals surface area contributed by atoms with Crippen LogP contribution in [0.3, 0.4) is 0 Å². The van der Waals surface area contributed by atoms with E-state index in [4.69, 9.17) is 21.7 Å². The van der Waals surface area contributed by atoms with Crippen LogP contribution in [0.2, 0.25) is 0 Å². The van der Waals surface area contributed by atoms with E-state index in [1.54, 1.807) is 0 Å². The second-order valence-corrected chi connectivity index (χ2v) is 2.16. The van der Waals surface area contributed by atoms with Gasteiger partial charge in [-0.2, -0.15) is 0 Å². The van der Waals surface area contributed by atoms with Gasteiger partial charge in [0, 0.05) is 6.42 Å². The Hall–Kier alpha value is -0.530. The molecule has 0 radical (unpaired) electrons. The van der Waals surface area contributed by atoms with Crippen molar-refractivity contribution in [2.75, 3.05) is 0 Å². The molecule has 0 aliphatic carbocycles. The molecule has 0 aliphatic heterocycles. The summed E-state index contributed by atoms with van der Waals surface area (Å²) in [6.45, 7) is 0. The Balaban J connectivity index is 3.51. The smallest absolute Gasteiger partial charge is 0.159 e. The zero-order valence-corrected chi connectivity index (χ0v) is 5.97. The Labute approximate surface area is 64.2 Å². The summed E-state index contributed by atoms with van der Waals surface area (Å²) in [4.78, 5) is 9.97. The first-order chi connectivity index (χ1) is 5.06. The lowest BCUT2D eigenvalue weighted by Crippen LogP contribution is -2.46. The van der Waals surface area contributed by atoms with Gasteiger partial charge >= 0.3 is 0 Å². The number of aliphatic hydroxyl groups is 2. The van der Waals surface area contributed by atoms with Crippen LogP contribution in [0.25, 0.3) is 0 Å². The maximum absolute atomic E-state index is 9.97. The molecule has 0 fully saturated rings. The highest BCUT2D eigenvalue weighted by molar-refractivity contribution is 5.56. The van der Waals surface area contributed by atoms with Crippen molar-refractivity contribution in [1.29, 1.82) is 0 Å². The van der Waals surface area contributed by atoms with E-state index in [-0.39, 0.29) is 6.42 Å². The third-order valence-corrected chi connectivity index (χ3v) is 1.03. The van der Waals surface area contributed by atoms with Gasteiger partial charge in [0.1, 0.15) is 12.5 Å². The number of hydrogen-bond acceptors (Lipinski definition) is 6. The second kappa shape index (κ2) is 5.16. The van der Waals surface area contributed by atoms with Crippen molar-refractivity contribution in [3.8, 4) is 0 Å². The summed E-state index contributed by atoms with van der Waals surface area (Å²) in [6, 6.07) is -0.740. The highest BCUT2D eigenvalue weighted by Gasteiger charge is 2.10. The molecule has 0 amide bonds. The maximum Gasteiger partial charge on any atom is 0.159 e. The van der Waals surface area contributed by atoms with Crippen LogP contribution in [-0.4, -0.2) is 35.1 Å². The number of aldehydes is 1. The molecule has 6 nitrogen and oxygen atoms in total. The number of nitrogens with two attached hydrogens (primary N) is 2. The Morgan fingerprint density at radius 1 is 1.45 bits per heavy atom. The zero-order valence-electron chi connectivity index (χ0n) is 5.97. The number of carbonyl (C=O) groups is 1. The van der Waals surface area contributed by atoms with E-state index < -0.39 is 18.6 Å². The second-order valence-electron chi connectivity index (χ2n) is 2.16. The van der Waals surface area contributed by atoms with Gasteiger partial charge in [-0.25, -0.2) is 0 Å². The third kappa shape index (κ3) is 5.89. The predicted octanol–water partition coefficient (Wildman–Crippen LogP) is -2.95. The number of hydrogen-bond donors (Lipinski definition) is 5. The van der Waals surface area contributed by atoms with Crippen LogP contribution in [0.4, 0.5) is 0 Å². The summed E-state index contributed by atoms with van der Waals surface area (Å²) in [6.07, 6.45) is -1.83. The van der Waals surface area contributed by atoms with Gasteiger partial charge < -0.3 is 20.7 Å². The molecule has 0 spiro atoms. The van der Waals surface area contributed by atoms with E-state index in [9.17, 15) is 4.79 Å². The van der Waals surface area contributed by atoms with Gasteiger partial charge in [-0.15, -0.1) is 0 Å². The quantitative estimate of drug-likeness (QED) is 0.218. The lowest BCUT2D eigenvalue weighted by Gasteiger charge is -2.15. The first kappa shape index (κ1) is 10.5. The van der Waals surface area contributed by atoms with Crippen LogP contribution >= 0.6 is 0 Å². The topological polar surface area (TPSA) is 122 Å². The molecule has 66 valence electrons. The van der Waals surface area contributed by atoms with E-state index in [0.29, 0.717) is 6.29 Å². The predicted molar refractivity (Wildman–Crippen MR) is 38.0 cm³/mol. The van der Waals surface area contributed by atoms with Gasteiger partial charge in [-0.3, -0.25) is 11.1 Å². The van der Waals surface area contributed by atoms with Crippen LogP contribution in [0, 0.1) is 0 Å². The number of rotatable bonds is 5. The molecule has 3 atom stereocenters. The molecule has 0 rings (SSSR count). The van der Waals surface area contributed by atoms with Crippen LogP contribution < -0.4 is 16.8 Å². The van der Waals surface area contributed by atoms with E-state index in [0.717, 1.165) is 0 Å². The molecule has 3 unspecified atom stereocenters. The van der Waals surface area contributed by atoms with Crippen molar-refractivity contribution in [2.45, 2.75) is 25.0 Å². The van der Waals surface area contributed by atoms with E-state index in [2.05, 4.69) is 5.32 Å². The lowest BCUT2D eigenvalue weighted by molar-refractivity contribution is -0.109. The minimum absolute atomic E-state index is 0.0256. The molecule has 0 saturated heterocycles. The molecule has 11 heavy (non-hydrogen) atoms. The largest absolute Gasteiger partial charge is 0.378 e. The highest BCUT2D eigenvalue weighted by Crippen LogP contribution is 1.89. The normalized spacial score (nSPS) is 18.9. The van der Waals surface area contributed by atoms with Crippen LogP contribution in [-0.2, 0) is 4.79 Å². The van der Waals surface area contributed by atoms with Crippen LogP contribution in [0.5, 0.6) is 0 Å².